The smallest absolute Gasteiger partial charge is 0.316 e. The number of carbonyl (C=O) groups is 2. The highest BCUT2D eigenvalue weighted by Gasteiger charge is 2.18. The van der Waals surface area contributed by atoms with Gasteiger partial charge in [-0.05, 0) is 12.1 Å². The van der Waals surface area contributed by atoms with E-state index in [1.165, 1.54) is 11.0 Å². The molecule has 0 aliphatic heterocycles. The van der Waals surface area contributed by atoms with Crippen molar-refractivity contribution in [3.63, 3.8) is 0 Å². The lowest BCUT2D eigenvalue weighted by Crippen LogP contribution is -2.41. The molecule has 0 unspecified atom stereocenters. The lowest BCUT2D eigenvalue weighted by atomic mass is 10.3. The van der Waals surface area contributed by atoms with E-state index in [9.17, 15) is 9.59 Å². The second-order valence-corrected chi connectivity index (χ2v) is 3.20. The number of carbonyl (C=O) groups excluding carboxylic acids is 2. The number of hydrogen-bond donors (Lipinski definition) is 1. The molecular formula is C12H14N2O2. The van der Waals surface area contributed by atoms with Gasteiger partial charge in [0.2, 0.25) is 0 Å². The molecule has 0 bridgehead atoms. The molecule has 0 heterocycles. The molecule has 4 heteroatoms. The van der Waals surface area contributed by atoms with Gasteiger partial charge in [-0.2, -0.15) is 0 Å². The quantitative estimate of drug-likeness (QED) is 0.606. The number of anilines is 1. The van der Waals surface area contributed by atoms with Gasteiger partial charge >= 0.3 is 11.8 Å². The molecule has 0 saturated carbocycles. The first kappa shape index (κ1) is 12.0. The Bertz CT molecular complexity index is 387. The van der Waals surface area contributed by atoms with E-state index >= 15 is 0 Å². The fourth-order valence-electron chi connectivity index (χ4n) is 1.16. The number of para-hydroxylation sites is 1. The Balaban J connectivity index is 2.67. The van der Waals surface area contributed by atoms with Crippen LogP contribution in [0.3, 0.4) is 0 Å². The first-order valence-electron chi connectivity index (χ1n) is 4.88. The van der Waals surface area contributed by atoms with E-state index in [4.69, 9.17) is 0 Å². The van der Waals surface area contributed by atoms with E-state index in [-0.39, 0.29) is 6.54 Å². The first-order valence-corrected chi connectivity index (χ1v) is 4.88. The van der Waals surface area contributed by atoms with Crippen molar-refractivity contribution in [1.29, 1.82) is 0 Å². The predicted octanol–water partition coefficient (Wildman–Crippen LogP) is 0.952. The highest BCUT2D eigenvalue weighted by Crippen LogP contribution is 2.10. The molecule has 16 heavy (non-hydrogen) atoms. The van der Waals surface area contributed by atoms with Crippen molar-refractivity contribution in [3.05, 3.63) is 43.0 Å². The van der Waals surface area contributed by atoms with Crippen LogP contribution in [0.15, 0.2) is 43.0 Å². The van der Waals surface area contributed by atoms with Crippen LogP contribution in [0.5, 0.6) is 0 Å². The number of amides is 2. The van der Waals surface area contributed by atoms with Crippen molar-refractivity contribution in [2.24, 2.45) is 0 Å². The summed E-state index contributed by atoms with van der Waals surface area (Å²) in [6.45, 7) is 3.74. The van der Waals surface area contributed by atoms with Crippen LogP contribution in [-0.2, 0) is 9.59 Å². The summed E-state index contributed by atoms with van der Waals surface area (Å²) in [6.07, 6.45) is 1.52. The molecule has 84 valence electrons. The minimum absolute atomic E-state index is 0.285. The third kappa shape index (κ3) is 2.95. The van der Waals surface area contributed by atoms with Crippen LogP contribution in [0.2, 0.25) is 0 Å². The summed E-state index contributed by atoms with van der Waals surface area (Å²) in [5.74, 6) is -1.22. The average Bonchev–Trinajstić information content (AvgIpc) is 2.35. The zero-order chi connectivity index (χ0) is 12.0. The van der Waals surface area contributed by atoms with Gasteiger partial charge in [-0.1, -0.05) is 24.3 Å². The van der Waals surface area contributed by atoms with Gasteiger partial charge in [0.25, 0.3) is 0 Å². The Labute approximate surface area is 94.6 Å². The minimum Gasteiger partial charge on any atom is -0.344 e. The molecule has 1 N–H and O–H groups in total. The summed E-state index contributed by atoms with van der Waals surface area (Å²) in [5, 5.41) is 2.43. The normalized spacial score (nSPS) is 9.31. The molecule has 1 aromatic carbocycles. The maximum Gasteiger partial charge on any atom is 0.316 e. The predicted molar refractivity (Wildman–Crippen MR) is 63.1 cm³/mol. The van der Waals surface area contributed by atoms with Crippen molar-refractivity contribution < 1.29 is 9.59 Å². The average molecular weight is 218 g/mol. The van der Waals surface area contributed by atoms with Crippen LogP contribution < -0.4 is 10.2 Å². The van der Waals surface area contributed by atoms with Crippen LogP contribution in [-0.4, -0.2) is 25.4 Å². The Kier molecular flexibility index (Phi) is 4.27. The first-order chi connectivity index (χ1) is 7.66. The lowest BCUT2D eigenvalue weighted by molar-refractivity contribution is -0.137. The van der Waals surface area contributed by atoms with Crippen LogP contribution in [0.4, 0.5) is 5.69 Å². The van der Waals surface area contributed by atoms with E-state index < -0.39 is 11.8 Å². The van der Waals surface area contributed by atoms with Crippen LogP contribution >= 0.6 is 0 Å². The van der Waals surface area contributed by atoms with Gasteiger partial charge in [-0.25, -0.2) is 0 Å². The van der Waals surface area contributed by atoms with Gasteiger partial charge in [-0.15, -0.1) is 6.58 Å². The largest absolute Gasteiger partial charge is 0.344 e. The molecule has 0 aliphatic carbocycles. The number of nitrogens with one attached hydrogen (secondary N) is 1. The maximum atomic E-state index is 11.6. The van der Waals surface area contributed by atoms with Gasteiger partial charge in [0.1, 0.15) is 0 Å². The van der Waals surface area contributed by atoms with Crippen LogP contribution in [0, 0.1) is 0 Å². The molecule has 0 fully saturated rings. The molecule has 0 radical (unpaired) electrons. The Morgan fingerprint density at radius 1 is 1.38 bits per heavy atom. The highest BCUT2D eigenvalue weighted by molar-refractivity contribution is 6.40. The van der Waals surface area contributed by atoms with Crippen molar-refractivity contribution in [2.45, 2.75) is 0 Å². The summed E-state index contributed by atoms with van der Waals surface area (Å²) in [6, 6.07) is 8.98. The third-order valence-electron chi connectivity index (χ3n) is 2.05. The molecular weight excluding hydrogens is 204 g/mol. The van der Waals surface area contributed by atoms with Crippen molar-refractivity contribution in [1.82, 2.24) is 5.32 Å². The summed E-state index contributed by atoms with van der Waals surface area (Å²) in [7, 11) is 1.56. The maximum absolute atomic E-state index is 11.6. The van der Waals surface area contributed by atoms with Crippen molar-refractivity contribution in [2.75, 3.05) is 18.5 Å². The van der Waals surface area contributed by atoms with E-state index in [2.05, 4.69) is 11.9 Å². The van der Waals surface area contributed by atoms with Crippen molar-refractivity contribution >= 4 is 17.5 Å². The van der Waals surface area contributed by atoms with Gasteiger partial charge < -0.3 is 10.2 Å². The second kappa shape index (κ2) is 5.70. The molecule has 0 aromatic heterocycles. The van der Waals surface area contributed by atoms with E-state index in [1.54, 1.807) is 31.3 Å². The molecule has 0 saturated heterocycles. The summed E-state index contributed by atoms with van der Waals surface area (Å²) < 4.78 is 0. The molecule has 1 aromatic rings. The highest BCUT2D eigenvalue weighted by atomic mass is 16.2. The topological polar surface area (TPSA) is 49.4 Å². The van der Waals surface area contributed by atoms with Gasteiger partial charge in [0, 0.05) is 19.3 Å². The van der Waals surface area contributed by atoms with Gasteiger partial charge in [0.15, 0.2) is 0 Å². The fourth-order valence-corrected chi connectivity index (χ4v) is 1.16. The number of benzene rings is 1. The van der Waals surface area contributed by atoms with Crippen LogP contribution in [0.25, 0.3) is 0 Å². The summed E-state index contributed by atoms with van der Waals surface area (Å²) in [4.78, 5) is 24.3. The Morgan fingerprint density at radius 3 is 2.56 bits per heavy atom. The van der Waals surface area contributed by atoms with Crippen LogP contribution in [0.1, 0.15) is 0 Å². The molecule has 4 nitrogen and oxygen atoms in total. The zero-order valence-electron chi connectivity index (χ0n) is 9.14. The molecule has 2 amide bonds. The van der Waals surface area contributed by atoms with Crippen molar-refractivity contribution in [3.8, 4) is 0 Å². The van der Waals surface area contributed by atoms with E-state index in [1.807, 2.05) is 6.07 Å². The molecule has 0 atom stereocenters. The van der Waals surface area contributed by atoms with E-state index in [0.29, 0.717) is 5.69 Å². The Hall–Kier alpha value is -2.10. The SMILES string of the molecule is C=CCNC(=O)C(=O)N(C)c1ccccc1. The molecule has 1 rings (SSSR count). The van der Waals surface area contributed by atoms with Gasteiger partial charge in [0.05, 0.1) is 0 Å². The number of nitrogens with zero attached hydrogens (tertiary/aromatic N) is 1. The standard InChI is InChI=1S/C12H14N2O2/c1-3-9-13-11(15)12(16)14(2)10-7-5-4-6-8-10/h3-8H,1,9H2,2H3,(H,13,15). The lowest BCUT2D eigenvalue weighted by Gasteiger charge is -2.16. The number of likely N-dealkylation sites (N-methyl/N-ethyl adjacent to an activating group) is 1. The monoisotopic (exact) mass is 218 g/mol. The van der Waals surface area contributed by atoms with E-state index in [0.717, 1.165) is 0 Å². The zero-order valence-corrected chi connectivity index (χ0v) is 9.14. The second-order valence-electron chi connectivity index (χ2n) is 3.20. The summed E-state index contributed by atoms with van der Waals surface area (Å²) in [5.41, 5.74) is 0.682. The summed E-state index contributed by atoms with van der Waals surface area (Å²) >= 11 is 0. The fraction of sp³-hybridized carbons (Fsp3) is 0.167. The third-order valence-corrected chi connectivity index (χ3v) is 2.05. The molecule has 0 spiro atoms. The molecule has 0 aliphatic rings. The minimum atomic E-state index is -0.633. The Morgan fingerprint density at radius 2 is 2.00 bits per heavy atom. The van der Waals surface area contributed by atoms with Gasteiger partial charge in [-0.3, -0.25) is 9.59 Å². The number of rotatable bonds is 3. The number of hydrogen-bond acceptors (Lipinski definition) is 2.